The molecule has 0 saturated heterocycles. The van der Waals surface area contributed by atoms with Crippen molar-refractivity contribution in [2.45, 2.75) is 44.6 Å². The molecule has 1 fully saturated rings. The number of unbranched alkanes of at least 4 members (excludes halogenated alkanes) is 1. The van der Waals surface area contributed by atoms with Crippen molar-refractivity contribution in [1.82, 2.24) is 0 Å². The molecule has 1 rings (SSSR count). The molecule has 84 valence electrons. The van der Waals surface area contributed by atoms with Crippen molar-refractivity contribution in [3.05, 3.63) is 0 Å². The van der Waals surface area contributed by atoms with Crippen LogP contribution in [-0.2, 0) is 19.8 Å². The van der Waals surface area contributed by atoms with Gasteiger partial charge < -0.3 is 5.73 Å². The molecular weight excluding hydrogens is 198 g/mol. The Kier molecular flexibility index (Phi) is 6.60. The predicted molar refractivity (Wildman–Crippen MR) is 60.9 cm³/mol. The minimum atomic E-state index is -0.278. The van der Waals surface area contributed by atoms with Crippen LogP contribution >= 0.6 is 0 Å². The maximum atomic E-state index is 5.87. The fraction of sp³-hybridized carbons (Fsp3) is 1.00. The minimum absolute atomic E-state index is 0.278. The van der Waals surface area contributed by atoms with E-state index in [-0.39, 0.29) is 11.5 Å². The third kappa shape index (κ3) is 4.64. The molecule has 0 bridgehead atoms. The highest BCUT2D eigenvalue weighted by Crippen LogP contribution is 2.23. The molecule has 2 N–H and O–H groups in total. The molecule has 0 radical (unpaired) electrons. The Bertz CT molecular complexity index is 140. The fourth-order valence-electron chi connectivity index (χ4n) is 1.67. The van der Waals surface area contributed by atoms with Crippen molar-refractivity contribution in [1.29, 1.82) is 0 Å². The normalized spacial score (nSPS) is 20.1. The summed E-state index contributed by atoms with van der Waals surface area (Å²) < 4.78 is 11.2. The molecular formula is C10H22NO2S+. The van der Waals surface area contributed by atoms with Gasteiger partial charge in [0.25, 0.3) is 0 Å². The Morgan fingerprint density at radius 2 is 2.00 bits per heavy atom. The van der Waals surface area contributed by atoms with Crippen molar-refractivity contribution in [3.63, 3.8) is 0 Å². The highest BCUT2D eigenvalue weighted by atomic mass is 32.2. The third-order valence-corrected chi connectivity index (χ3v) is 3.98. The molecule has 0 aromatic rings. The zero-order valence-corrected chi connectivity index (χ0v) is 9.85. The molecule has 0 spiro atoms. The van der Waals surface area contributed by atoms with E-state index in [1.807, 2.05) is 0 Å². The van der Waals surface area contributed by atoms with E-state index in [0.29, 0.717) is 6.10 Å². The lowest BCUT2D eigenvalue weighted by molar-refractivity contribution is 0.209. The first kappa shape index (κ1) is 12.3. The molecule has 1 saturated carbocycles. The van der Waals surface area contributed by atoms with Gasteiger partial charge in [0.05, 0.1) is 7.11 Å². The molecule has 14 heavy (non-hydrogen) atoms. The van der Waals surface area contributed by atoms with Gasteiger partial charge in [0.1, 0.15) is 6.10 Å². The first-order valence-electron chi connectivity index (χ1n) is 5.49. The summed E-state index contributed by atoms with van der Waals surface area (Å²) in [5.41, 5.74) is 5.44. The Hall–Kier alpha value is 0.230. The molecule has 1 unspecified atom stereocenters. The summed E-state index contributed by atoms with van der Waals surface area (Å²) in [6.45, 7) is 0.768. The molecule has 0 heterocycles. The molecule has 0 amide bonds. The van der Waals surface area contributed by atoms with Gasteiger partial charge in [-0.25, -0.2) is 0 Å². The van der Waals surface area contributed by atoms with Crippen LogP contribution in [0.1, 0.15) is 38.5 Å². The molecule has 1 aliphatic carbocycles. The monoisotopic (exact) mass is 220 g/mol. The second-order valence-electron chi connectivity index (χ2n) is 3.67. The summed E-state index contributed by atoms with van der Waals surface area (Å²) in [6, 6.07) is 0. The van der Waals surface area contributed by atoms with Crippen molar-refractivity contribution < 1.29 is 8.37 Å². The van der Waals surface area contributed by atoms with Crippen molar-refractivity contribution in [3.8, 4) is 0 Å². The molecule has 0 aromatic heterocycles. The summed E-state index contributed by atoms with van der Waals surface area (Å²) in [5, 5.41) is 0. The first-order valence-corrected chi connectivity index (χ1v) is 6.73. The van der Waals surface area contributed by atoms with Gasteiger partial charge in [-0.2, -0.15) is 0 Å². The quantitative estimate of drug-likeness (QED) is 0.525. The number of hydrogen-bond acceptors (Lipinski definition) is 3. The maximum Gasteiger partial charge on any atom is 0.314 e. The first-order chi connectivity index (χ1) is 6.86. The van der Waals surface area contributed by atoms with Crippen molar-refractivity contribution in [2.24, 2.45) is 5.73 Å². The van der Waals surface area contributed by atoms with Crippen molar-refractivity contribution in [2.75, 3.05) is 19.4 Å². The Morgan fingerprint density at radius 1 is 1.29 bits per heavy atom. The van der Waals surface area contributed by atoms with Gasteiger partial charge in [0.15, 0.2) is 5.75 Å². The lowest BCUT2D eigenvalue weighted by atomic mass is 10.3. The van der Waals surface area contributed by atoms with E-state index in [9.17, 15) is 0 Å². The Balaban J connectivity index is 2.10. The van der Waals surface area contributed by atoms with Crippen LogP contribution in [0.15, 0.2) is 0 Å². The van der Waals surface area contributed by atoms with E-state index in [1.54, 1.807) is 7.11 Å². The molecule has 3 nitrogen and oxygen atoms in total. The van der Waals surface area contributed by atoms with Gasteiger partial charge in [-0.1, -0.05) is 12.8 Å². The van der Waals surface area contributed by atoms with E-state index >= 15 is 0 Å². The Morgan fingerprint density at radius 3 is 2.57 bits per heavy atom. The fourth-order valence-corrected chi connectivity index (χ4v) is 2.95. The largest absolute Gasteiger partial charge is 0.330 e. The van der Waals surface area contributed by atoms with E-state index in [4.69, 9.17) is 14.1 Å². The van der Waals surface area contributed by atoms with Crippen LogP contribution in [0.5, 0.6) is 0 Å². The molecule has 0 aromatic carbocycles. The average Bonchev–Trinajstić information content (AvgIpc) is 2.69. The topological polar surface area (TPSA) is 44.5 Å². The molecule has 0 aliphatic heterocycles. The summed E-state index contributed by atoms with van der Waals surface area (Å²) >= 11 is -0.278. The summed E-state index contributed by atoms with van der Waals surface area (Å²) in [5.74, 6) is 1.00. The second-order valence-corrected chi connectivity index (χ2v) is 5.21. The van der Waals surface area contributed by atoms with Crippen LogP contribution in [-0.4, -0.2) is 25.5 Å². The Labute approximate surface area is 90.1 Å². The average molecular weight is 220 g/mol. The van der Waals surface area contributed by atoms with Crippen LogP contribution < -0.4 is 5.73 Å². The second kappa shape index (κ2) is 7.51. The minimum Gasteiger partial charge on any atom is -0.330 e. The van der Waals surface area contributed by atoms with Gasteiger partial charge >= 0.3 is 11.5 Å². The number of rotatable bonds is 7. The van der Waals surface area contributed by atoms with Crippen LogP contribution in [0.3, 0.4) is 0 Å². The van der Waals surface area contributed by atoms with Crippen LogP contribution in [0, 0.1) is 0 Å². The predicted octanol–water partition coefficient (Wildman–Crippen LogP) is 1.78. The van der Waals surface area contributed by atoms with Gasteiger partial charge in [0, 0.05) is 0 Å². The highest BCUT2D eigenvalue weighted by molar-refractivity contribution is 7.87. The van der Waals surface area contributed by atoms with Crippen LogP contribution in [0.2, 0.25) is 0 Å². The van der Waals surface area contributed by atoms with E-state index in [1.165, 1.54) is 25.7 Å². The lowest BCUT2D eigenvalue weighted by Crippen LogP contribution is -2.20. The van der Waals surface area contributed by atoms with Crippen molar-refractivity contribution >= 4 is 11.5 Å². The van der Waals surface area contributed by atoms with E-state index in [2.05, 4.69) is 0 Å². The highest BCUT2D eigenvalue weighted by Gasteiger charge is 2.28. The third-order valence-electron chi connectivity index (χ3n) is 2.50. The van der Waals surface area contributed by atoms with Gasteiger partial charge in [0.2, 0.25) is 0 Å². The van der Waals surface area contributed by atoms with Gasteiger partial charge in [-0.05, 0) is 32.2 Å². The lowest BCUT2D eigenvalue weighted by Gasteiger charge is -2.07. The number of nitrogens with two attached hydrogens (primary N) is 1. The maximum absolute atomic E-state index is 5.87. The van der Waals surface area contributed by atoms with Crippen LogP contribution in [0.4, 0.5) is 0 Å². The summed E-state index contributed by atoms with van der Waals surface area (Å²) in [4.78, 5) is 0. The molecule has 1 aliphatic rings. The van der Waals surface area contributed by atoms with Crippen LogP contribution in [0.25, 0.3) is 0 Å². The van der Waals surface area contributed by atoms with Gasteiger partial charge in [-0.15, -0.1) is 8.37 Å². The van der Waals surface area contributed by atoms with Gasteiger partial charge in [-0.3, -0.25) is 0 Å². The molecule has 4 heteroatoms. The summed E-state index contributed by atoms with van der Waals surface area (Å²) in [6.07, 6.45) is 7.69. The van der Waals surface area contributed by atoms with E-state index < -0.39 is 0 Å². The van der Waals surface area contributed by atoms with E-state index in [0.717, 1.165) is 25.1 Å². The molecule has 1 atom stereocenters. The summed E-state index contributed by atoms with van der Waals surface area (Å²) in [7, 11) is 1.74. The standard InChI is InChI=1S/C10H22NO2S/c1-12-14(9-5-4-8-11)13-10-6-2-3-7-10/h10H,2-9,11H2,1H3/q+1. The number of hydrogen-bond donors (Lipinski definition) is 1. The smallest absolute Gasteiger partial charge is 0.314 e. The SMILES string of the molecule is CO[S+](CCCCN)OC1CCCC1. The zero-order chi connectivity index (χ0) is 10.2. The zero-order valence-electron chi connectivity index (χ0n) is 9.04.